The molecular formula is C14H16F3NO5S. The van der Waals surface area contributed by atoms with Crippen molar-refractivity contribution in [1.82, 2.24) is 5.32 Å². The molecule has 10 heteroatoms. The summed E-state index contributed by atoms with van der Waals surface area (Å²) in [5.74, 6) is -0.946. The number of halogens is 3. The predicted molar refractivity (Wildman–Crippen MR) is 80.6 cm³/mol. The van der Waals surface area contributed by atoms with Crippen LogP contribution in [0.3, 0.4) is 0 Å². The lowest BCUT2D eigenvalue weighted by Gasteiger charge is -2.23. The molecule has 6 nitrogen and oxygen atoms in total. The molecule has 0 atom stereocenters. The van der Waals surface area contributed by atoms with Crippen LogP contribution in [-0.4, -0.2) is 44.1 Å². The van der Waals surface area contributed by atoms with E-state index in [9.17, 15) is 26.4 Å². The Morgan fingerprint density at radius 1 is 1.21 bits per heavy atom. The molecule has 0 aliphatic carbocycles. The Labute approximate surface area is 137 Å². The molecule has 0 spiro atoms. The number of nitrogens with one attached hydrogen (secondary N) is 1. The first-order valence-corrected chi connectivity index (χ1v) is 8.03. The van der Waals surface area contributed by atoms with Gasteiger partial charge in [-0.3, -0.25) is 0 Å². The van der Waals surface area contributed by atoms with Crippen LogP contribution in [0.15, 0.2) is 24.3 Å². The van der Waals surface area contributed by atoms with E-state index in [-0.39, 0.29) is 11.5 Å². The summed E-state index contributed by atoms with van der Waals surface area (Å²) in [7, 11) is -2.57. The monoisotopic (exact) mass is 367 g/mol. The smallest absolute Gasteiger partial charge is 0.416 e. The van der Waals surface area contributed by atoms with Crippen molar-refractivity contribution in [2.75, 3.05) is 13.1 Å². The molecule has 1 aliphatic rings. The van der Waals surface area contributed by atoms with Gasteiger partial charge in [0.2, 0.25) is 10.3 Å². The summed E-state index contributed by atoms with van der Waals surface area (Å²) in [5.41, 5.74) is -0.643. The number of hydrogen-bond acceptors (Lipinski definition) is 5. The fourth-order valence-corrected chi connectivity index (χ4v) is 2.08. The Bertz CT molecular complexity index is 657. The van der Waals surface area contributed by atoms with Gasteiger partial charge in [-0.25, -0.2) is 4.79 Å². The van der Waals surface area contributed by atoms with Gasteiger partial charge < -0.3 is 15.2 Å². The molecule has 134 valence electrons. The number of carboxylic acids is 1. The van der Waals surface area contributed by atoms with Crippen LogP contribution >= 0.6 is 0 Å². The standard InChI is InChI=1S/C12H14F3NO.C2H2O4S/c13-12(14,15)9-1-3-10(4-2-9)17-11-5-7-16-8-6-11;3-2(4)1-7(5)6/h1-4,11,16H,5-8H2;1H,(H,3,4). The average Bonchev–Trinajstić information content (AvgIpc) is 2.47. The van der Waals surface area contributed by atoms with Gasteiger partial charge in [0, 0.05) is 0 Å². The summed E-state index contributed by atoms with van der Waals surface area (Å²) in [6.45, 7) is 1.79. The van der Waals surface area contributed by atoms with Gasteiger partial charge in [0.25, 0.3) is 0 Å². The van der Waals surface area contributed by atoms with Gasteiger partial charge in [0.05, 0.1) is 5.56 Å². The first-order chi connectivity index (χ1) is 11.2. The van der Waals surface area contributed by atoms with Crippen LogP contribution in [0.4, 0.5) is 13.2 Å². The van der Waals surface area contributed by atoms with E-state index in [1.165, 1.54) is 12.1 Å². The van der Waals surface area contributed by atoms with Crippen molar-refractivity contribution in [3.63, 3.8) is 0 Å². The zero-order valence-electron chi connectivity index (χ0n) is 12.4. The fourth-order valence-electron chi connectivity index (χ4n) is 1.91. The van der Waals surface area contributed by atoms with Gasteiger partial charge in [-0.05, 0) is 50.2 Å². The maximum atomic E-state index is 12.3. The quantitative estimate of drug-likeness (QED) is 0.789. The molecule has 0 amide bonds. The van der Waals surface area contributed by atoms with Gasteiger partial charge in [-0.1, -0.05) is 0 Å². The molecule has 1 heterocycles. The fraction of sp³-hybridized carbons (Fsp3) is 0.429. The minimum Gasteiger partial charge on any atom is -0.490 e. The molecular weight excluding hydrogens is 351 g/mol. The molecule has 0 aromatic heterocycles. The Morgan fingerprint density at radius 2 is 1.75 bits per heavy atom. The second kappa shape index (κ2) is 9.28. The number of rotatable bonds is 3. The van der Waals surface area contributed by atoms with Gasteiger partial charge >= 0.3 is 12.1 Å². The summed E-state index contributed by atoms with van der Waals surface area (Å²) in [6, 6.07) is 4.86. The summed E-state index contributed by atoms with van der Waals surface area (Å²) in [6.07, 6.45) is -2.40. The van der Waals surface area contributed by atoms with Gasteiger partial charge in [-0.15, -0.1) is 0 Å². The number of benzene rings is 1. The lowest BCUT2D eigenvalue weighted by Crippen LogP contribution is -2.34. The molecule has 0 unspecified atom stereocenters. The minimum atomic E-state index is -4.28. The molecule has 2 N–H and O–H groups in total. The van der Waals surface area contributed by atoms with E-state index in [1.54, 1.807) is 0 Å². The van der Waals surface area contributed by atoms with Gasteiger partial charge in [-0.2, -0.15) is 21.6 Å². The normalized spacial score (nSPS) is 15.0. The van der Waals surface area contributed by atoms with Gasteiger partial charge in [0.1, 0.15) is 17.2 Å². The van der Waals surface area contributed by atoms with Crippen molar-refractivity contribution in [3.05, 3.63) is 29.8 Å². The second-order valence-corrected chi connectivity index (χ2v) is 5.56. The van der Waals surface area contributed by atoms with Crippen LogP contribution in [0.2, 0.25) is 0 Å². The minimum absolute atomic E-state index is 0.105. The zero-order valence-corrected chi connectivity index (χ0v) is 13.2. The molecule has 1 saturated heterocycles. The van der Waals surface area contributed by atoms with Crippen molar-refractivity contribution < 1.29 is 36.2 Å². The highest BCUT2D eigenvalue weighted by molar-refractivity contribution is 7.73. The van der Waals surface area contributed by atoms with E-state index in [2.05, 4.69) is 5.32 Å². The number of piperidine rings is 1. The Morgan fingerprint density at radius 3 is 2.12 bits per heavy atom. The van der Waals surface area contributed by atoms with Crippen molar-refractivity contribution >= 4 is 21.6 Å². The zero-order chi connectivity index (χ0) is 18.2. The maximum absolute atomic E-state index is 12.3. The Balaban J connectivity index is 0.000000351. The first-order valence-electron chi connectivity index (χ1n) is 6.89. The predicted octanol–water partition coefficient (Wildman–Crippen LogP) is 1.59. The highest BCUT2D eigenvalue weighted by Gasteiger charge is 2.30. The third-order valence-electron chi connectivity index (χ3n) is 2.97. The molecule has 0 radical (unpaired) electrons. The SMILES string of the molecule is FC(F)(F)c1ccc(OC2CCNCC2)cc1.O=C(O)C=S(=O)=O. The first kappa shape index (κ1) is 20.0. The second-order valence-electron chi connectivity index (χ2n) is 4.81. The lowest BCUT2D eigenvalue weighted by atomic mass is 10.1. The van der Waals surface area contributed by atoms with E-state index >= 15 is 0 Å². The van der Waals surface area contributed by atoms with Crippen molar-refractivity contribution in [2.45, 2.75) is 25.1 Å². The van der Waals surface area contributed by atoms with Crippen molar-refractivity contribution in [1.29, 1.82) is 0 Å². The summed E-state index contributed by atoms with van der Waals surface area (Å²) < 4.78 is 61.3. The molecule has 2 rings (SSSR count). The van der Waals surface area contributed by atoms with E-state index in [0.717, 1.165) is 38.1 Å². The van der Waals surface area contributed by atoms with E-state index in [0.29, 0.717) is 5.75 Å². The highest BCUT2D eigenvalue weighted by Crippen LogP contribution is 2.30. The van der Waals surface area contributed by atoms with Crippen molar-refractivity contribution in [2.24, 2.45) is 0 Å². The average molecular weight is 367 g/mol. The van der Waals surface area contributed by atoms with Crippen LogP contribution in [0.1, 0.15) is 18.4 Å². The summed E-state index contributed by atoms with van der Waals surface area (Å²) in [5, 5.41) is 11.0. The lowest BCUT2D eigenvalue weighted by molar-refractivity contribution is -0.137. The number of carboxylic acid groups (broad SMARTS) is 1. The van der Waals surface area contributed by atoms with Crippen LogP contribution in [-0.2, 0) is 21.3 Å². The van der Waals surface area contributed by atoms with Crippen LogP contribution < -0.4 is 10.1 Å². The molecule has 24 heavy (non-hydrogen) atoms. The number of ether oxygens (including phenoxy) is 1. The summed E-state index contributed by atoms with van der Waals surface area (Å²) in [4.78, 5) is 9.36. The third kappa shape index (κ3) is 7.97. The van der Waals surface area contributed by atoms with Crippen LogP contribution in [0.5, 0.6) is 5.75 Å². The van der Waals surface area contributed by atoms with Crippen LogP contribution in [0, 0.1) is 0 Å². The molecule has 1 aliphatic heterocycles. The molecule has 0 saturated carbocycles. The summed E-state index contributed by atoms with van der Waals surface area (Å²) >= 11 is 0. The Kier molecular flexibility index (Phi) is 7.72. The van der Waals surface area contributed by atoms with E-state index in [4.69, 9.17) is 9.84 Å². The third-order valence-corrected chi connectivity index (χ3v) is 3.36. The number of hydrogen-bond donors (Lipinski definition) is 2. The topological polar surface area (TPSA) is 92.7 Å². The number of carbonyl (C=O) groups is 1. The van der Waals surface area contributed by atoms with E-state index in [1.807, 2.05) is 0 Å². The van der Waals surface area contributed by atoms with Gasteiger partial charge in [0.15, 0.2) is 0 Å². The molecule has 1 aromatic rings. The number of aliphatic carboxylic acids is 1. The molecule has 1 fully saturated rings. The molecule has 0 bridgehead atoms. The maximum Gasteiger partial charge on any atom is 0.416 e. The number of alkyl halides is 3. The highest BCUT2D eigenvalue weighted by atomic mass is 32.2. The van der Waals surface area contributed by atoms with Crippen LogP contribution in [0.25, 0.3) is 0 Å². The van der Waals surface area contributed by atoms with Crippen molar-refractivity contribution in [3.8, 4) is 5.75 Å². The molecule has 1 aromatic carbocycles. The Hall–Kier alpha value is -2.07. The largest absolute Gasteiger partial charge is 0.490 e. The van der Waals surface area contributed by atoms with E-state index < -0.39 is 28.0 Å².